The van der Waals surface area contributed by atoms with Crippen molar-refractivity contribution < 1.29 is 4.39 Å². The van der Waals surface area contributed by atoms with E-state index in [1.54, 1.807) is 13.0 Å². The molecule has 0 aromatic heterocycles. The van der Waals surface area contributed by atoms with Gasteiger partial charge in [0.15, 0.2) is 0 Å². The molecule has 1 aliphatic rings. The molecule has 1 saturated carbocycles. The summed E-state index contributed by atoms with van der Waals surface area (Å²) in [5.74, 6) is -0.147. The van der Waals surface area contributed by atoms with E-state index in [2.05, 4.69) is 15.9 Å². The molecule has 1 nitrogen and oxygen atoms in total. The number of hydrogen-bond donors (Lipinski definition) is 1. The highest BCUT2D eigenvalue weighted by Gasteiger charge is 2.47. The molecule has 0 amide bonds. The van der Waals surface area contributed by atoms with E-state index in [-0.39, 0.29) is 17.3 Å². The molecule has 15 heavy (non-hydrogen) atoms. The quantitative estimate of drug-likeness (QED) is 0.878. The Hall–Kier alpha value is -0.410. The van der Waals surface area contributed by atoms with Crippen LogP contribution in [0.15, 0.2) is 16.6 Å². The van der Waals surface area contributed by atoms with Gasteiger partial charge in [0, 0.05) is 15.9 Å². The Kier molecular flexibility index (Phi) is 2.63. The molecule has 2 rings (SSSR count). The van der Waals surface area contributed by atoms with Crippen LogP contribution in [0, 0.1) is 12.7 Å². The van der Waals surface area contributed by atoms with Crippen LogP contribution in [0.4, 0.5) is 4.39 Å². The zero-order valence-corrected chi connectivity index (χ0v) is 10.6. The molecule has 82 valence electrons. The van der Waals surface area contributed by atoms with E-state index in [9.17, 15) is 4.39 Å². The Balaban J connectivity index is 2.47. The fourth-order valence-corrected chi connectivity index (χ4v) is 2.51. The molecule has 0 radical (unpaired) electrons. The third-order valence-corrected chi connectivity index (χ3v) is 4.34. The fraction of sp³-hybridized carbons (Fsp3) is 0.500. The van der Waals surface area contributed by atoms with E-state index >= 15 is 0 Å². The lowest BCUT2D eigenvalue weighted by Gasteiger charge is -2.21. The second-order valence-corrected chi connectivity index (χ2v) is 5.36. The van der Waals surface area contributed by atoms with Crippen LogP contribution < -0.4 is 5.73 Å². The second kappa shape index (κ2) is 3.56. The zero-order valence-electron chi connectivity index (χ0n) is 8.98. The van der Waals surface area contributed by atoms with Gasteiger partial charge in [-0.05, 0) is 49.9 Å². The molecule has 1 unspecified atom stereocenters. The standard InChI is InChI=1S/C12H15BrFN/c1-7-10(13)5-9(6-11(7)14)12(3-4-12)8(2)15/h5-6,8H,3-4,15H2,1-2H3. The summed E-state index contributed by atoms with van der Waals surface area (Å²) < 4.78 is 14.4. The second-order valence-electron chi connectivity index (χ2n) is 4.51. The maximum Gasteiger partial charge on any atom is 0.127 e. The highest BCUT2D eigenvalue weighted by atomic mass is 79.9. The van der Waals surface area contributed by atoms with E-state index in [0.29, 0.717) is 5.56 Å². The molecule has 3 heteroatoms. The maximum absolute atomic E-state index is 13.6. The van der Waals surface area contributed by atoms with Crippen molar-refractivity contribution in [3.8, 4) is 0 Å². The van der Waals surface area contributed by atoms with Gasteiger partial charge in [-0.2, -0.15) is 0 Å². The van der Waals surface area contributed by atoms with Gasteiger partial charge in [0.05, 0.1) is 0 Å². The Morgan fingerprint density at radius 1 is 1.47 bits per heavy atom. The molecule has 0 bridgehead atoms. The van der Waals surface area contributed by atoms with Gasteiger partial charge in [-0.25, -0.2) is 4.39 Å². The summed E-state index contributed by atoms with van der Waals surface area (Å²) in [6.45, 7) is 3.77. The summed E-state index contributed by atoms with van der Waals surface area (Å²) in [6, 6.07) is 3.73. The van der Waals surface area contributed by atoms with Gasteiger partial charge in [-0.1, -0.05) is 15.9 Å². The van der Waals surface area contributed by atoms with Crippen molar-refractivity contribution in [2.75, 3.05) is 0 Å². The third-order valence-electron chi connectivity index (χ3n) is 3.52. The Morgan fingerprint density at radius 3 is 2.47 bits per heavy atom. The highest BCUT2D eigenvalue weighted by molar-refractivity contribution is 9.10. The van der Waals surface area contributed by atoms with Crippen LogP contribution >= 0.6 is 15.9 Å². The molecule has 0 heterocycles. The largest absolute Gasteiger partial charge is 0.327 e. The first-order valence-corrected chi connectivity index (χ1v) is 5.98. The first kappa shape index (κ1) is 11.1. The third kappa shape index (κ3) is 1.72. The van der Waals surface area contributed by atoms with Gasteiger partial charge in [-0.3, -0.25) is 0 Å². The van der Waals surface area contributed by atoms with E-state index in [0.717, 1.165) is 22.9 Å². The van der Waals surface area contributed by atoms with Crippen LogP contribution in [-0.2, 0) is 5.41 Å². The average Bonchev–Trinajstić information content (AvgIpc) is 2.93. The monoisotopic (exact) mass is 271 g/mol. The van der Waals surface area contributed by atoms with Gasteiger partial charge in [-0.15, -0.1) is 0 Å². The predicted octanol–water partition coefficient (Wildman–Crippen LogP) is 3.28. The minimum absolute atomic E-state index is 0.0249. The lowest BCUT2D eigenvalue weighted by molar-refractivity contribution is 0.546. The van der Waals surface area contributed by atoms with Gasteiger partial charge in [0.1, 0.15) is 5.82 Å². The van der Waals surface area contributed by atoms with E-state index in [1.807, 2.05) is 13.0 Å². The van der Waals surface area contributed by atoms with Crippen LogP contribution in [-0.4, -0.2) is 6.04 Å². The van der Waals surface area contributed by atoms with E-state index in [4.69, 9.17) is 5.73 Å². The number of nitrogens with two attached hydrogens (primary N) is 1. The lowest BCUT2D eigenvalue weighted by atomic mass is 9.89. The summed E-state index contributed by atoms with van der Waals surface area (Å²) in [6.07, 6.45) is 2.14. The number of benzene rings is 1. The predicted molar refractivity (Wildman–Crippen MR) is 63.4 cm³/mol. The topological polar surface area (TPSA) is 26.0 Å². The Labute approximate surface area is 98.0 Å². The molecule has 0 spiro atoms. The lowest BCUT2D eigenvalue weighted by Crippen LogP contribution is -2.31. The number of halogens is 2. The average molecular weight is 272 g/mol. The van der Waals surface area contributed by atoms with Crippen molar-refractivity contribution in [3.63, 3.8) is 0 Å². The summed E-state index contributed by atoms with van der Waals surface area (Å²) >= 11 is 3.39. The molecular formula is C12H15BrFN. The first-order valence-electron chi connectivity index (χ1n) is 5.19. The highest BCUT2D eigenvalue weighted by Crippen LogP contribution is 2.51. The SMILES string of the molecule is Cc1c(F)cc(C2(C(C)N)CC2)cc1Br. The van der Waals surface area contributed by atoms with Crippen molar-refractivity contribution in [1.29, 1.82) is 0 Å². The van der Waals surface area contributed by atoms with Crippen LogP contribution in [0.25, 0.3) is 0 Å². The Morgan fingerprint density at radius 2 is 2.07 bits per heavy atom. The fourth-order valence-electron chi connectivity index (χ4n) is 2.07. The van der Waals surface area contributed by atoms with Crippen LogP contribution in [0.1, 0.15) is 30.9 Å². The van der Waals surface area contributed by atoms with Crippen molar-refractivity contribution in [2.45, 2.75) is 38.1 Å². The normalized spacial score (nSPS) is 20.1. The molecule has 1 atom stereocenters. The molecule has 0 aliphatic heterocycles. The molecular weight excluding hydrogens is 257 g/mol. The van der Waals surface area contributed by atoms with Gasteiger partial charge >= 0.3 is 0 Å². The molecule has 1 aromatic rings. The smallest absolute Gasteiger partial charge is 0.127 e. The summed E-state index contributed by atoms with van der Waals surface area (Å²) in [5.41, 5.74) is 7.69. The van der Waals surface area contributed by atoms with Crippen LogP contribution in [0.2, 0.25) is 0 Å². The van der Waals surface area contributed by atoms with E-state index in [1.165, 1.54) is 0 Å². The van der Waals surface area contributed by atoms with E-state index < -0.39 is 0 Å². The van der Waals surface area contributed by atoms with Crippen LogP contribution in [0.3, 0.4) is 0 Å². The summed E-state index contributed by atoms with van der Waals surface area (Å²) in [4.78, 5) is 0. The molecule has 1 aromatic carbocycles. The zero-order chi connectivity index (χ0) is 11.2. The molecule has 1 fully saturated rings. The van der Waals surface area contributed by atoms with Crippen molar-refractivity contribution in [1.82, 2.24) is 0 Å². The van der Waals surface area contributed by atoms with Gasteiger partial charge in [0.2, 0.25) is 0 Å². The minimum atomic E-state index is -0.147. The minimum Gasteiger partial charge on any atom is -0.327 e. The van der Waals surface area contributed by atoms with Gasteiger partial charge < -0.3 is 5.73 Å². The van der Waals surface area contributed by atoms with Crippen LogP contribution in [0.5, 0.6) is 0 Å². The summed E-state index contributed by atoms with van der Waals surface area (Å²) in [7, 11) is 0. The van der Waals surface area contributed by atoms with Crippen molar-refractivity contribution in [2.24, 2.45) is 5.73 Å². The van der Waals surface area contributed by atoms with Crippen molar-refractivity contribution in [3.05, 3.63) is 33.5 Å². The molecule has 2 N–H and O–H groups in total. The summed E-state index contributed by atoms with van der Waals surface area (Å²) in [5, 5.41) is 0. The molecule has 1 aliphatic carbocycles. The number of hydrogen-bond acceptors (Lipinski definition) is 1. The number of rotatable bonds is 2. The van der Waals surface area contributed by atoms with Gasteiger partial charge in [0.25, 0.3) is 0 Å². The first-order chi connectivity index (χ1) is 6.97. The van der Waals surface area contributed by atoms with Crippen molar-refractivity contribution >= 4 is 15.9 Å². The molecule has 0 saturated heterocycles. The Bertz CT molecular complexity index is 374. The maximum atomic E-state index is 13.6.